The summed E-state index contributed by atoms with van der Waals surface area (Å²) in [5.41, 5.74) is 0. The minimum absolute atomic E-state index is 0.738. The molecule has 20 heavy (non-hydrogen) atoms. The number of likely N-dealkylation sites (tertiary alicyclic amines) is 1. The highest BCUT2D eigenvalue weighted by molar-refractivity contribution is 5.05. The zero-order chi connectivity index (χ0) is 13.7. The molecule has 2 bridgehead atoms. The van der Waals surface area contributed by atoms with Gasteiger partial charge in [-0.2, -0.15) is 0 Å². The molecule has 3 saturated carbocycles. The van der Waals surface area contributed by atoms with Crippen LogP contribution >= 0.6 is 0 Å². The molecule has 1 saturated heterocycles. The van der Waals surface area contributed by atoms with Crippen LogP contribution in [0.2, 0.25) is 0 Å². The SMILES string of the molecule is CC(C)N1CCC(CNC2CC3CC2C2CCCC32)C1. The predicted octanol–water partition coefficient (Wildman–Crippen LogP) is 3.13. The van der Waals surface area contributed by atoms with E-state index in [0.29, 0.717) is 0 Å². The van der Waals surface area contributed by atoms with Crippen molar-refractivity contribution in [1.29, 1.82) is 0 Å². The third-order valence-electron chi connectivity index (χ3n) is 7.15. The summed E-state index contributed by atoms with van der Waals surface area (Å²) in [4.78, 5) is 2.65. The van der Waals surface area contributed by atoms with E-state index >= 15 is 0 Å². The van der Waals surface area contributed by atoms with Crippen LogP contribution in [0.15, 0.2) is 0 Å². The number of hydrogen-bond donors (Lipinski definition) is 1. The molecule has 0 amide bonds. The number of rotatable bonds is 4. The van der Waals surface area contributed by atoms with Gasteiger partial charge in [-0.25, -0.2) is 0 Å². The molecule has 4 fully saturated rings. The summed E-state index contributed by atoms with van der Waals surface area (Å²) in [6, 6.07) is 1.62. The number of fused-ring (bicyclic) bond motifs is 5. The molecule has 0 radical (unpaired) electrons. The minimum atomic E-state index is 0.738. The second kappa shape index (κ2) is 5.28. The van der Waals surface area contributed by atoms with Crippen LogP contribution in [-0.2, 0) is 0 Å². The predicted molar refractivity (Wildman–Crippen MR) is 83.7 cm³/mol. The van der Waals surface area contributed by atoms with Crippen molar-refractivity contribution in [3.05, 3.63) is 0 Å². The molecule has 0 spiro atoms. The average Bonchev–Trinajstić information content (AvgIpc) is 3.17. The maximum atomic E-state index is 4.00. The second-order valence-electron chi connectivity index (χ2n) is 8.41. The largest absolute Gasteiger partial charge is 0.313 e. The van der Waals surface area contributed by atoms with Gasteiger partial charge in [-0.1, -0.05) is 6.42 Å². The van der Waals surface area contributed by atoms with E-state index in [1.165, 1.54) is 38.9 Å². The van der Waals surface area contributed by atoms with Gasteiger partial charge in [-0.15, -0.1) is 0 Å². The van der Waals surface area contributed by atoms with Gasteiger partial charge in [0.15, 0.2) is 0 Å². The Morgan fingerprint density at radius 1 is 1.05 bits per heavy atom. The Labute approximate surface area is 124 Å². The standard InChI is InChI=1S/C18H32N2/c1-12(2)20-7-6-13(11-20)10-19-18-9-14-8-17(18)16-5-3-4-15(14)16/h12-19H,3-11H2,1-2H3. The van der Waals surface area contributed by atoms with Crippen LogP contribution in [-0.4, -0.2) is 36.6 Å². The molecule has 6 atom stereocenters. The van der Waals surface area contributed by atoms with Crippen molar-refractivity contribution in [3.8, 4) is 0 Å². The van der Waals surface area contributed by atoms with E-state index in [-0.39, 0.29) is 0 Å². The van der Waals surface area contributed by atoms with Crippen LogP contribution in [0.3, 0.4) is 0 Å². The summed E-state index contributed by atoms with van der Waals surface area (Å²) in [6.07, 6.45) is 9.13. The van der Waals surface area contributed by atoms with Gasteiger partial charge >= 0.3 is 0 Å². The summed E-state index contributed by atoms with van der Waals surface area (Å²) >= 11 is 0. The Morgan fingerprint density at radius 3 is 2.70 bits per heavy atom. The molecule has 0 aromatic carbocycles. The highest BCUT2D eigenvalue weighted by Gasteiger charge is 2.53. The summed E-state index contributed by atoms with van der Waals surface area (Å²) in [7, 11) is 0. The molecule has 2 heteroatoms. The Balaban J connectivity index is 1.27. The Kier molecular flexibility index (Phi) is 3.58. The van der Waals surface area contributed by atoms with E-state index in [0.717, 1.165) is 41.7 Å². The molecule has 4 rings (SSSR count). The lowest BCUT2D eigenvalue weighted by Gasteiger charge is -2.33. The Hall–Kier alpha value is -0.0800. The van der Waals surface area contributed by atoms with Crippen LogP contribution in [0.5, 0.6) is 0 Å². The molecule has 1 N–H and O–H groups in total. The van der Waals surface area contributed by atoms with E-state index in [1.54, 1.807) is 19.3 Å². The van der Waals surface area contributed by atoms with Crippen molar-refractivity contribution in [2.45, 2.75) is 64.5 Å². The van der Waals surface area contributed by atoms with Gasteiger partial charge < -0.3 is 10.2 Å². The molecular formula is C18H32N2. The van der Waals surface area contributed by atoms with Crippen molar-refractivity contribution in [3.63, 3.8) is 0 Å². The first kappa shape index (κ1) is 13.6. The normalized spacial score (nSPS) is 47.5. The fourth-order valence-corrected chi connectivity index (χ4v) is 6.12. The number of nitrogens with one attached hydrogen (secondary N) is 1. The fourth-order valence-electron chi connectivity index (χ4n) is 6.12. The molecule has 6 unspecified atom stereocenters. The van der Waals surface area contributed by atoms with Gasteiger partial charge in [0.1, 0.15) is 0 Å². The van der Waals surface area contributed by atoms with E-state index in [2.05, 4.69) is 24.1 Å². The molecule has 114 valence electrons. The lowest BCUT2D eigenvalue weighted by Crippen LogP contribution is -2.42. The van der Waals surface area contributed by atoms with Crippen LogP contribution in [0, 0.1) is 29.6 Å². The molecular weight excluding hydrogens is 244 g/mol. The van der Waals surface area contributed by atoms with Gasteiger partial charge in [0, 0.05) is 18.6 Å². The van der Waals surface area contributed by atoms with Gasteiger partial charge in [-0.05, 0) is 88.6 Å². The first-order valence-electron chi connectivity index (χ1n) is 9.20. The first-order valence-corrected chi connectivity index (χ1v) is 9.20. The van der Waals surface area contributed by atoms with Crippen LogP contribution in [0.1, 0.15) is 52.4 Å². The van der Waals surface area contributed by atoms with Gasteiger partial charge in [0.05, 0.1) is 0 Å². The van der Waals surface area contributed by atoms with Gasteiger partial charge in [0.2, 0.25) is 0 Å². The van der Waals surface area contributed by atoms with Crippen molar-refractivity contribution in [2.24, 2.45) is 29.6 Å². The maximum Gasteiger partial charge on any atom is 0.0101 e. The van der Waals surface area contributed by atoms with E-state index in [9.17, 15) is 0 Å². The third kappa shape index (κ3) is 2.23. The van der Waals surface area contributed by atoms with Crippen LogP contribution in [0.4, 0.5) is 0 Å². The van der Waals surface area contributed by atoms with E-state index in [1.807, 2.05) is 0 Å². The lowest BCUT2D eigenvalue weighted by molar-refractivity contribution is 0.202. The van der Waals surface area contributed by atoms with Crippen molar-refractivity contribution >= 4 is 0 Å². The van der Waals surface area contributed by atoms with Crippen molar-refractivity contribution in [1.82, 2.24) is 10.2 Å². The molecule has 4 aliphatic rings. The number of hydrogen-bond acceptors (Lipinski definition) is 2. The summed E-state index contributed by atoms with van der Waals surface area (Å²) < 4.78 is 0. The lowest BCUT2D eigenvalue weighted by atomic mass is 9.79. The van der Waals surface area contributed by atoms with E-state index < -0.39 is 0 Å². The quantitative estimate of drug-likeness (QED) is 0.848. The zero-order valence-corrected chi connectivity index (χ0v) is 13.4. The molecule has 0 aromatic rings. The number of nitrogens with zero attached hydrogens (tertiary/aromatic N) is 1. The zero-order valence-electron chi connectivity index (χ0n) is 13.4. The summed E-state index contributed by atoms with van der Waals surface area (Å²) in [6.45, 7) is 8.62. The van der Waals surface area contributed by atoms with Crippen molar-refractivity contribution < 1.29 is 0 Å². The van der Waals surface area contributed by atoms with E-state index in [4.69, 9.17) is 0 Å². The highest BCUT2D eigenvalue weighted by Crippen LogP contribution is 2.58. The average molecular weight is 276 g/mol. The topological polar surface area (TPSA) is 15.3 Å². The Morgan fingerprint density at radius 2 is 1.90 bits per heavy atom. The van der Waals surface area contributed by atoms with Gasteiger partial charge in [-0.3, -0.25) is 0 Å². The summed E-state index contributed by atoms with van der Waals surface area (Å²) in [5, 5.41) is 4.00. The molecule has 2 nitrogen and oxygen atoms in total. The van der Waals surface area contributed by atoms with Crippen LogP contribution in [0.25, 0.3) is 0 Å². The molecule has 1 heterocycles. The second-order valence-corrected chi connectivity index (χ2v) is 8.41. The molecule has 1 aliphatic heterocycles. The van der Waals surface area contributed by atoms with Crippen molar-refractivity contribution in [2.75, 3.05) is 19.6 Å². The highest BCUT2D eigenvalue weighted by atomic mass is 15.2. The summed E-state index contributed by atoms with van der Waals surface area (Å²) in [5.74, 6) is 5.31. The molecule has 0 aromatic heterocycles. The minimum Gasteiger partial charge on any atom is -0.313 e. The smallest absolute Gasteiger partial charge is 0.0101 e. The first-order chi connectivity index (χ1) is 9.72. The monoisotopic (exact) mass is 276 g/mol. The Bertz CT molecular complexity index is 353. The fraction of sp³-hybridized carbons (Fsp3) is 1.00. The third-order valence-corrected chi connectivity index (χ3v) is 7.15. The maximum absolute atomic E-state index is 4.00. The molecule has 3 aliphatic carbocycles. The van der Waals surface area contributed by atoms with Gasteiger partial charge in [0.25, 0.3) is 0 Å². The van der Waals surface area contributed by atoms with Crippen LogP contribution < -0.4 is 5.32 Å².